The van der Waals surface area contributed by atoms with Crippen LogP contribution in [0.25, 0.3) is 0 Å². The molecule has 0 aliphatic rings. The zero-order valence-corrected chi connectivity index (χ0v) is 12.7. The van der Waals surface area contributed by atoms with Crippen molar-refractivity contribution in [3.8, 4) is 0 Å². The van der Waals surface area contributed by atoms with Gasteiger partial charge in [0.15, 0.2) is 0 Å². The fraction of sp³-hybridized carbons (Fsp3) is 0.143. The lowest BCUT2D eigenvalue weighted by atomic mass is 10.1. The van der Waals surface area contributed by atoms with Crippen molar-refractivity contribution in [3.63, 3.8) is 0 Å². The number of non-ortho nitro benzene ring substituents is 1. The second-order valence-electron chi connectivity index (χ2n) is 4.61. The highest BCUT2D eigenvalue weighted by Gasteiger charge is 2.20. The number of nitrogens with one attached hydrogen (secondary N) is 1. The van der Waals surface area contributed by atoms with Crippen molar-refractivity contribution < 1.29 is 14.5 Å². The van der Waals surface area contributed by atoms with Crippen LogP contribution in [0.15, 0.2) is 24.3 Å². The van der Waals surface area contributed by atoms with Gasteiger partial charge in [-0.2, -0.15) is 0 Å². The molecule has 0 atom stereocenters. The fourth-order valence-corrected chi connectivity index (χ4v) is 3.01. The molecule has 0 unspecified atom stereocenters. The number of nitro benzene ring substituents is 1. The summed E-state index contributed by atoms with van der Waals surface area (Å²) in [5, 5.41) is 13.7. The Labute approximate surface area is 129 Å². The molecule has 1 aromatic heterocycles. The van der Waals surface area contributed by atoms with E-state index in [1.165, 1.54) is 35.6 Å². The van der Waals surface area contributed by atoms with Crippen molar-refractivity contribution in [2.45, 2.75) is 13.8 Å². The SMILES string of the molecule is Cc1sc(NC(=O)c2cccc([N+](=O)[O-])c2)c(C(N)=O)c1C. The van der Waals surface area contributed by atoms with Gasteiger partial charge in [-0.3, -0.25) is 19.7 Å². The van der Waals surface area contributed by atoms with Crippen LogP contribution in [0.3, 0.4) is 0 Å². The lowest BCUT2D eigenvalue weighted by molar-refractivity contribution is -0.384. The van der Waals surface area contributed by atoms with Crippen LogP contribution in [0.4, 0.5) is 10.7 Å². The molecule has 0 saturated heterocycles. The Bertz CT molecular complexity index is 782. The van der Waals surface area contributed by atoms with Crippen LogP contribution in [-0.4, -0.2) is 16.7 Å². The fourth-order valence-electron chi connectivity index (χ4n) is 1.95. The van der Waals surface area contributed by atoms with Crippen LogP contribution in [0, 0.1) is 24.0 Å². The van der Waals surface area contributed by atoms with Crippen molar-refractivity contribution in [1.29, 1.82) is 0 Å². The molecule has 8 heteroatoms. The number of hydrogen-bond donors (Lipinski definition) is 2. The first kappa shape index (κ1) is 15.6. The summed E-state index contributed by atoms with van der Waals surface area (Å²) in [4.78, 5) is 34.7. The highest BCUT2D eigenvalue weighted by molar-refractivity contribution is 7.16. The Hall–Kier alpha value is -2.74. The predicted octanol–water partition coefficient (Wildman–Crippen LogP) is 2.62. The van der Waals surface area contributed by atoms with E-state index in [0.29, 0.717) is 10.6 Å². The molecule has 0 bridgehead atoms. The molecule has 3 N–H and O–H groups in total. The third kappa shape index (κ3) is 2.96. The van der Waals surface area contributed by atoms with Crippen LogP contribution >= 0.6 is 11.3 Å². The molecule has 0 spiro atoms. The lowest BCUT2D eigenvalue weighted by Gasteiger charge is -2.05. The molecule has 0 saturated carbocycles. The molecule has 0 aliphatic heterocycles. The zero-order chi connectivity index (χ0) is 16.4. The van der Waals surface area contributed by atoms with Gasteiger partial charge in [-0.1, -0.05) is 6.07 Å². The first-order valence-electron chi connectivity index (χ1n) is 6.27. The van der Waals surface area contributed by atoms with Gasteiger partial charge in [0.2, 0.25) is 0 Å². The van der Waals surface area contributed by atoms with Crippen LogP contribution in [0.1, 0.15) is 31.2 Å². The van der Waals surface area contributed by atoms with Crippen molar-refractivity contribution >= 4 is 33.8 Å². The molecule has 1 heterocycles. The zero-order valence-electron chi connectivity index (χ0n) is 11.9. The number of nitrogens with zero attached hydrogens (tertiary/aromatic N) is 1. The number of benzene rings is 1. The summed E-state index contributed by atoms with van der Waals surface area (Å²) in [5.41, 5.74) is 6.27. The van der Waals surface area contributed by atoms with Crippen LogP contribution < -0.4 is 11.1 Å². The third-order valence-electron chi connectivity index (χ3n) is 3.18. The van der Waals surface area contributed by atoms with E-state index in [1.54, 1.807) is 6.92 Å². The molecule has 2 rings (SSSR count). The second kappa shape index (κ2) is 5.94. The Balaban J connectivity index is 2.34. The first-order chi connectivity index (χ1) is 10.3. The Morgan fingerprint density at radius 1 is 1.32 bits per heavy atom. The average molecular weight is 319 g/mol. The Morgan fingerprint density at radius 3 is 2.59 bits per heavy atom. The van der Waals surface area contributed by atoms with Gasteiger partial charge in [0.1, 0.15) is 5.00 Å². The van der Waals surface area contributed by atoms with E-state index < -0.39 is 16.7 Å². The maximum Gasteiger partial charge on any atom is 0.270 e. The summed E-state index contributed by atoms with van der Waals surface area (Å²) in [5.74, 6) is -1.16. The third-order valence-corrected chi connectivity index (χ3v) is 4.30. The topological polar surface area (TPSA) is 115 Å². The highest BCUT2D eigenvalue weighted by Crippen LogP contribution is 2.32. The van der Waals surface area contributed by atoms with E-state index in [0.717, 1.165) is 4.88 Å². The van der Waals surface area contributed by atoms with Crippen molar-refractivity contribution in [1.82, 2.24) is 0 Å². The van der Waals surface area contributed by atoms with Gasteiger partial charge in [-0.05, 0) is 25.5 Å². The number of nitrogens with two attached hydrogens (primary N) is 1. The van der Waals surface area contributed by atoms with E-state index in [2.05, 4.69) is 5.32 Å². The number of carbonyl (C=O) groups is 2. The van der Waals surface area contributed by atoms with Gasteiger partial charge in [0.05, 0.1) is 10.5 Å². The molecular weight excluding hydrogens is 306 g/mol. The second-order valence-corrected chi connectivity index (χ2v) is 5.84. The summed E-state index contributed by atoms with van der Waals surface area (Å²) in [7, 11) is 0. The van der Waals surface area contributed by atoms with Gasteiger partial charge < -0.3 is 11.1 Å². The van der Waals surface area contributed by atoms with Crippen molar-refractivity contribution in [2.24, 2.45) is 5.73 Å². The quantitative estimate of drug-likeness (QED) is 0.665. The molecule has 22 heavy (non-hydrogen) atoms. The van der Waals surface area contributed by atoms with Crippen LogP contribution in [-0.2, 0) is 0 Å². The molecule has 0 radical (unpaired) electrons. The highest BCUT2D eigenvalue weighted by atomic mass is 32.1. The molecule has 114 valence electrons. The lowest BCUT2D eigenvalue weighted by Crippen LogP contribution is -2.17. The molecule has 1 aromatic carbocycles. The number of carbonyl (C=O) groups excluding carboxylic acids is 2. The normalized spacial score (nSPS) is 10.3. The Kier molecular flexibility index (Phi) is 4.22. The van der Waals surface area contributed by atoms with Crippen molar-refractivity contribution in [3.05, 3.63) is 55.9 Å². The molecule has 0 aliphatic carbocycles. The van der Waals surface area contributed by atoms with E-state index in [-0.39, 0.29) is 16.8 Å². The minimum atomic E-state index is -0.629. The number of primary amides is 1. The first-order valence-corrected chi connectivity index (χ1v) is 7.08. The number of anilines is 1. The largest absolute Gasteiger partial charge is 0.365 e. The van der Waals surface area contributed by atoms with Gasteiger partial charge in [0, 0.05) is 22.6 Å². The standard InChI is InChI=1S/C14H13N3O4S/c1-7-8(2)22-14(11(7)12(15)18)16-13(19)9-4-3-5-10(6-9)17(20)21/h3-6H,1-2H3,(H2,15,18)(H,16,19). The van der Waals surface area contributed by atoms with Gasteiger partial charge in [-0.25, -0.2) is 0 Å². The summed E-state index contributed by atoms with van der Waals surface area (Å²) >= 11 is 1.24. The Morgan fingerprint density at radius 2 is 2.00 bits per heavy atom. The maximum absolute atomic E-state index is 12.2. The number of hydrogen-bond acceptors (Lipinski definition) is 5. The molecule has 7 nitrogen and oxygen atoms in total. The number of aryl methyl sites for hydroxylation is 1. The van der Waals surface area contributed by atoms with Gasteiger partial charge >= 0.3 is 0 Å². The number of amides is 2. The minimum absolute atomic E-state index is 0.133. The van der Waals surface area contributed by atoms with Gasteiger partial charge in [-0.15, -0.1) is 11.3 Å². The van der Waals surface area contributed by atoms with E-state index in [9.17, 15) is 19.7 Å². The van der Waals surface area contributed by atoms with Crippen LogP contribution in [0.2, 0.25) is 0 Å². The van der Waals surface area contributed by atoms with Crippen LogP contribution in [0.5, 0.6) is 0 Å². The van der Waals surface area contributed by atoms with Gasteiger partial charge in [0.25, 0.3) is 17.5 Å². The predicted molar refractivity (Wildman–Crippen MR) is 83.4 cm³/mol. The number of rotatable bonds is 4. The average Bonchev–Trinajstić information content (AvgIpc) is 2.73. The molecule has 0 fully saturated rings. The molecular formula is C14H13N3O4S. The number of thiophene rings is 1. The summed E-state index contributed by atoms with van der Waals surface area (Å²) in [6, 6.07) is 5.35. The van der Waals surface area contributed by atoms with Crippen molar-refractivity contribution in [2.75, 3.05) is 5.32 Å². The smallest absolute Gasteiger partial charge is 0.270 e. The number of nitro groups is 1. The van der Waals surface area contributed by atoms with E-state index in [4.69, 9.17) is 5.73 Å². The van der Waals surface area contributed by atoms with E-state index >= 15 is 0 Å². The molecule has 2 amide bonds. The molecule has 2 aromatic rings. The maximum atomic E-state index is 12.2. The minimum Gasteiger partial charge on any atom is -0.365 e. The summed E-state index contributed by atoms with van der Waals surface area (Å²) < 4.78 is 0. The monoisotopic (exact) mass is 319 g/mol. The summed E-state index contributed by atoms with van der Waals surface area (Å²) in [6.07, 6.45) is 0. The summed E-state index contributed by atoms with van der Waals surface area (Å²) in [6.45, 7) is 3.56. The van der Waals surface area contributed by atoms with E-state index in [1.807, 2.05) is 6.92 Å².